The SMILES string of the molecule is N/C(=N\O)c1cnc2ccccc2c1Sc1cccs1. The number of hydrogen-bond donors (Lipinski definition) is 2. The highest BCUT2D eigenvalue weighted by atomic mass is 32.2. The lowest BCUT2D eigenvalue weighted by molar-refractivity contribution is 0.318. The first-order valence-corrected chi connectivity index (χ1v) is 7.56. The lowest BCUT2D eigenvalue weighted by Gasteiger charge is -2.10. The standard InChI is InChI=1S/C14H11N3OS2/c15-14(17-18)10-8-16-11-5-2-1-4-9(11)13(10)20-12-6-3-7-19-12/h1-8,18H,(H2,15,17). The summed E-state index contributed by atoms with van der Waals surface area (Å²) in [4.78, 5) is 5.31. The van der Waals surface area contributed by atoms with Gasteiger partial charge in [0.05, 0.1) is 15.3 Å². The van der Waals surface area contributed by atoms with Crippen molar-refractivity contribution in [1.82, 2.24) is 4.98 Å². The summed E-state index contributed by atoms with van der Waals surface area (Å²) >= 11 is 3.25. The summed E-state index contributed by atoms with van der Waals surface area (Å²) < 4.78 is 1.15. The average molecular weight is 301 g/mol. The Morgan fingerprint density at radius 3 is 2.85 bits per heavy atom. The molecule has 20 heavy (non-hydrogen) atoms. The van der Waals surface area contributed by atoms with Gasteiger partial charge in [0.25, 0.3) is 0 Å². The number of nitrogens with two attached hydrogens (primary N) is 1. The lowest BCUT2D eigenvalue weighted by Crippen LogP contribution is -2.14. The molecule has 2 aromatic heterocycles. The minimum atomic E-state index is 0.0716. The maximum Gasteiger partial charge on any atom is 0.172 e. The minimum absolute atomic E-state index is 0.0716. The molecule has 0 spiro atoms. The molecule has 0 atom stereocenters. The van der Waals surface area contributed by atoms with Gasteiger partial charge in [0.2, 0.25) is 0 Å². The van der Waals surface area contributed by atoms with E-state index >= 15 is 0 Å². The second-order valence-electron chi connectivity index (χ2n) is 4.04. The number of hydrogen-bond acceptors (Lipinski definition) is 5. The largest absolute Gasteiger partial charge is 0.409 e. The van der Waals surface area contributed by atoms with Crippen molar-refractivity contribution in [3.63, 3.8) is 0 Å². The summed E-state index contributed by atoms with van der Waals surface area (Å²) in [5, 5.41) is 15.1. The Kier molecular flexibility index (Phi) is 3.58. The van der Waals surface area contributed by atoms with Crippen LogP contribution in [0.1, 0.15) is 5.56 Å². The fourth-order valence-electron chi connectivity index (χ4n) is 1.88. The molecule has 2 heterocycles. The summed E-state index contributed by atoms with van der Waals surface area (Å²) in [5.74, 6) is 0.0716. The van der Waals surface area contributed by atoms with E-state index in [0.29, 0.717) is 5.56 Å². The van der Waals surface area contributed by atoms with Crippen LogP contribution in [0.4, 0.5) is 0 Å². The molecule has 0 bridgehead atoms. The van der Waals surface area contributed by atoms with Gasteiger partial charge in [0.1, 0.15) is 0 Å². The summed E-state index contributed by atoms with van der Waals surface area (Å²) in [6.07, 6.45) is 1.65. The molecule has 0 radical (unpaired) electrons. The van der Waals surface area contributed by atoms with Crippen molar-refractivity contribution in [2.75, 3.05) is 0 Å². The minimum Gasteiger partial charge on any atom is -0.409 e. The number of rotatable bonds is 3. The molecule has 0 aliphatic carbocycles. The number of para-hydroxylation sites is 1. The summed E-state index contributed by atoms with van der Waals surface area (Å²) in [7, 11) is 0. The molecule has 0 fully saturated rings. The Morgan fingerprint density at radius 1 is 1.25 bits per heavy atom. The predicted molar refractivity (Wildman–Crippen MR) is 82.7 cm³/mol. The van der Waals surface area contributed by atoms with E-state index in [-0.39, 0.29) is 5.84 Å². The Hall–Kier alpha value is -2.05. The molecule has 6 heteroatoms. The quantitative estimate of drug-likeness (QED) is 0.336. The van der Waals surface area contributed by atoms with Gasteiger partial charge in [0, 0.05) is 16.5 Å². The second kappa shape index (κ2) is 5.52. The molecule has 100 valence electrons. The van der Waals surface area contributed by atoms with Gasteiger partial charge >= 0.3 is 0 Å². The number of aromatic nitrogens is 1. The van der Waals surface area contributed by atoms with Crippen LogP contribution in [0.25, 0.3) is 10.9 Å². The van der Waals surface area contributed by atoms with E-state index < -0.39 is 0 Å². The third kappa shape index (κ3) is 2.35. The van der Waals surface area contributed by atoms with E-state index in [1.165, 1.54) is 0 Å². The first-order valence-electron chi connectivity index (χ1n) is 5.86. The molecule has 0 amide bonds. The number of oxime groups is 1. The van der Waals surface area contributed by atoms with E-state index in [1.54, 1.807) is 29.3 Å². The molecule has 0 aliphatic heterocycles. The molecule has 3 aromatic rings. The van der Waals surface area contributed by atoms with Crippen molar-refractivity contribution >= 4 is 39.8 Å². The van der Waals surface area contributed by atoms with Crippen molar-refractivity contribution < 1.29 is 5.21 Å². The highest BCUT2D eigenvalue weighted by molar-refractivity contribution is 8.01. The van der Waals surface area contributed by atoms with Crippen molar-refractivity contribution in [2.24, 2.45) is 10.9 Å². The first-order chi connectivity index (χ1) is 9.79. The molecule has 0 aliphatic rings. The zero-order chi connectivity index (χ0) is 13.9. The monoisotopic (exact) mass is 301 g/mol. The third-order valence-corrected chi connectivity index (χ3v) is 4.99. The molecule has 3 rings (SSSR count). The highest BCUT2D eigenvalue weighted by Gasteiger charge is 2.14. The van der Waals surface area contributed by atoms with Crippen LogP contribution >= 0.6 is 23.1 Å². The first kappa shape index (κ1) is 13.0. The topological polar surface area (TPSA) is 71.5 Å². The summed E-state index contributed by atoms with van der Waals surface area (Å²) in [5.41, 5.74) is 7.30. The number of thiophene rings is 1. The fourth-order valence-corrected chi connectivity index (χ4v) is 3.84. The summed E-state index contributed by atoms with van der Waals surface area (Å²) in [6.45, 7) is 0. The normalized spacial score (nSPS) is 11.9. The molecule has 0 unspecified atom stereocenters. The predicted octanol–water partition coefficient (Wildman–Crippen LogP) is 3.54. The van der Waals surface area contributed by atoms with Gasteiger partial charge in [-0.3, -0.25) is 4.98 Å². The van der Waals surface area contributed by atoms with Crippen LogP contribution in [0.3, 0.4) is 0 Å². The Morgan fingerprint density at radius 2 is 2.10 bits per heavy atom. The maximum atomic E-state index is 8.94. The lowest BCUT2D eigenvalue weighted by atomic mass is 10.1. The average Bonchev–Trinajstić information content (AvgIpc) is 3.00. The maximum absolute atomic E-state index is 8.94. The Balaban J connectivity index is 2.23. The molecular formula is C14H11N3OS2. The van der Waals surface area contributed by atoms with Crippen LogP contribution in [0.2, 0.25) is 0 Å². The Labute approximate surface area is 124 Å². The molecule has 3 N–H and O–H groups in total. The van der Waals surface area contributed by atoms with E-state index in [1.807, 2.05) is 41.8 Å². The van der Waals surface area contributed by atoms with Crippen molar-refractivity contribution in [3.8, 4) is 0 Å². The van der Waals surface area contributed by atoms with Crippen LogP contribution < -0.4 is 5.73 Å². The third-order valence-electron chi connectivity index (χ3n) is 2.81. The smallest absolute Gasteiger partial charge is 0.172 e. The van der Waals surface area contributed by atoms with Gasteiger partial charge in [-0.1, -0.05) is 41.2 Å². The molecular weight excluding hydrogens is 290 g/mol. The van der Waals surface area contributed by atoms with E-state index in [0.717, 1.165) is 20.0 Å². The van der Waals surface area contributed by atoms with E-state index in [4.69, 9.17) is 10.9 Å². The molecule has 0 saturated carbocycles. The van der Waals surface area contributed by atoms with Crippen molar-refractivity contribution in [3.05, 3.63) is 53.5 Å². The van der Waals surface area contributed by atoms with Gasteiger partial charge < -0.3 is 10.9 Å². The van der Waals surface area contributed by atoms with Gasteiger partial charge in [-0.15, -0.1) is 11.3 Å². The van der Waals surface area contributed by atoms with Crippen LogP contribution in [-0.4, -0.2) is 16.0 Å². The second-order valence-corrected chi connectivity index (χ2v) is 6.30. The van der Waals surface area contributed by atoms with Crippen LogP contribution in [0.5, 0.6) is 0 Å². The Bertz CT molecular complexity index is 769. The van der Waals surface area contributed by atoms with E-state index in [2.05, 4.69) is 10.1 Å². The highest BCUT2D eigenvalue weighted by Crippen LogP contribution is 2.37. The fraction of sp³-hybridized carbons (Fsp3) is 0. The van der Waals surface area contributed by atoms with Crippen molar-refractivity contribution in [2.45, 2.75) is 9.10 Å². The van der Waals surface area contributed by atoms with Gasteiger partial charge in [-0.05, 0) is 17.5 Å². The number of fused-ring (bicyclic) bond motifs is 1. The number of benzene rings is 1. The van der Waals surface area contributed by atoms with Crippen LogP contribution in [-0.2, 0) is 0 Å². The summed E-state index contributed by atoms with van der Waals surface area (Å²) in [6, 6.07) is 11.9. The van der Waals surface area contributed by atoms with Crippen LogP contribution in [0, 0.1) is 0 Å². The van der Waals surface area contributed by atoms with Gasteiger partial charge in [0.15, 0.2) is 5.84 Å². The molecule has 4 nitrogen and oxygen atoms in total. The molecule has 0 saturated heterocycles. The number of nitrogens with zero attached hydrogens (tertiary/aromatic N) is 2. The zero-order valence-electron chi connectivity index (χ0n) is 10.4. The van der Waals surface area contributed by atoms with E-state index in [9.17, 15) is 0 Å². The number of amidine groups is 1. The van der Waals surface area contributed by atoms with Crippen molar-refractivity contribution in [1.29, 1.82) is 0 Å². The van der Waals surface area contributed by atoms with Crippen LogP contribution in [0.15, 0.2) is 62.2 Å². The molecule has 1 aromatic carbocycles. The van der Waals surface area contributed by atoms with Gasteiger partial charge in [-0.25, -0.2) is 0 Å². The zero-order valence-corrected chi connectivity index (χ0v) is 12.0. The van der Waals surface area contributed by atoms with Gasteiger partial charge in [-0.2, -0.15) is 0 Å². The number of pyridine rings is 1.